The van der Waals surface area contributed by atoms with E-state index in [1.165, 1.54) is 0 Å². The van der Waals surface area contributed by atoms with Gasteiger partial charge in [0, 0.05) is 23.2 Å². The molecule has 0 aliphatic rings. The number of anilines is 2. The Morgan fingerprint density at radius 2 is 1.85 bits per heavy atom. The van der Waals surface area contributed by atoms with Crippen molar-refractivity contribution in [1.82, 2.24) is 5.32 Å². The first-order valence-electron chi connectivity index (χ1n) is 8.10. The Bertz CT molecular complexity index is 779. The Balaban J connectivity index is 0.00000338. The van der Waals surface area contributed by atoms with E-state index in [9.17, 15) is 9.59 Å². The lowest BCUT2D eigenvalue weighted by Gasteiger charge is -2.14. The minimum atomic E-state index is -0.255. The maximum absolute atomic E-state index is 12.3. The zero-order valence-corrected chi connectivity index (χ0v) is 16.3. The van der Waals surface area contributed by atoms with Crippen LogP contribution in [0.1, 0.15) is 36.2 Å². The van der Waals surface area contributed by atoms with E-state index in [-0.39, 0.29) is 36.7 Å². The normalized spacial score (nSPS) is 10.2. The van der Waals surface area contributed by atoms with E-state index in [1.54, 1.807) is 24.3 Å². The second-order valence-electron chi connectivity index (χ2n) is 6.07. The van der Waals surface area contributed by atoms with Crippen molar-refractivity contribution in [3.63, 3.8) is 0 Å². The fourth-order valence-electron chi connectivity index (χ4n) is 2.38. The van der Waals surface area contributed by atoms with E-state index in [0.717, 1.165) is 5.56 Å². The van der Waals surface area contributed by atoms with Crippen LogP contribution >= 0.6 is 24.0 Å². The molecule has 0 unspecified atom stereocenters. The number of benzene rings is 2. The molecule has 0 saturated heterocycles. The van der Waals surface area contributed by atoms with Gasteiger partial charge in [-0.1, -0.05) is 29.8 Å². The van der Waals surface area contributed by atoms with Crippen molar-refractivity contribution in [2.75, 3.05) is 11.1 Å². The molecule has 0 heterocycles. The summed E-state index contributed by atoms with van der Waals surface area (Å²) >= 11 is 6.00. The van der Waals surface area contributed by atoms with Crippen LogP contribution in [0.15, 0.2) is 42.5 Å². The van der Waals surface area contributed by atoms with Gasteiger partial charge in [0.2, 0.25) is 5.91 Å². The monoisotopic (exact) mass is 395 g/mol. The van der Waals surface area contributed by atoms with Gasteiger partial charge < -0.3 is 16.4 Å². The molecule has 0 aromatic heterocycles. The van der Waals surface area contributed by atoms with Gasteiger partial charge in [-0.25, -0.2) is 0 Å². The molecule has 0 radical (unpaired) electrons. The second kappa shape index (κ2) is 10.0. The maximum atomic E-state index is 12.3. The summed E-state index contributed by atoms with van der Waals surface area (Å²) in [7, 11) is 0. The summed E-state index contributed by atoms with van der Waals surface area (Å²) < 4.78 is 0. The number of hydrogen-bond donors (Lipinski definition) is 3. The third kappa shape index (κ3) is 6.24. The SMILES string of the molecule is CC(C)NC(=O)c1ccc(Cl)cc1NC(=O)CCc1ccccc1N.Cl. The minimum Gasteiger partial charge on any atom is -0.399 e. The number of nitrogens with two attached hydrogens (primary N) is 1. The summed E-state index contributed by atoms with van der Waals surface area (Å²) in [5, 5.41) is 6.03. The van der Waals surface area contributed by atoms with Crippen LogP contribution in [0.25, 0.3) is 0 Å². The number of carbonyl (C=O) groups excluding carboxylic acids is 2. The van der Waals surface area contributed by atoms with Crippen LogP contribution in [-0.4, -0.2) is 17.9 Å². The van der Waals surface area contributed by atoms with E-state index in [2.05, 4.69) is 10.6 Å². The lowest BCUT2D eigenvalue weighted by Crippen LogP contribution is -2.31. The fourth-order valence-corrected chi connectivity index (χ4v) is 2.55. The number of rotatable bonds is 6. The highest BCUT2D eigenvalue weighted by Gasteiger charge is 2.15. The lowest BCUT2D eigenvalue weighted by molar-refractivity contribution is -0.116. The smallest absolute Gasteiger partial charge is 0.253 e. The summed E-state index contributed by atoms with van der Waals surface area (Å²) in [5.74, 6) is -0.460. The van der Waals surface area contributed by atoms with Crippen LogP contribution in [0.4, 0.5) is 11.4 Å². The first-order chi connectivity index (χ1) is 11.9. The Kier molecular flexibility index (Phi) is 8.42. The summed E-state index contributed by atoms with van der Waals surface area (Å²) in [6, 6.07) is 12.2. The number of amides is 2. The topological polar surface area (TPSA) is 84.2 Å². The zero-order chi connectivity index (χ0) is 18.4. The van der Waals surface area contributed by atoms with Crippen molar-refractivity contribution < 1.29 is 9.59 Å². The molecule has 2 aromatic carbocycles. The third-order valence-electron chi connectivity index (χ3n) is 3.60. The van der Waals surface area contributed by atoms with E-state index in [4.69, 9.17) is 17.3 Å². The highest BCUT2D eigenvalue weighted by molar-refractivity contribution is 6.31. The number of nitrogen functional groups attached to an aromatic ring is 1. The fraction of sp³-hybridized carbons (Fsp3) is 0.263. The van der Waals surface area contributed by atoms with Crippen LogP contribution in [0.3, 0.4) is 0 Å². The Hall–Kier alpha value is -2.24. The average molecular weight is 396 g/mol. The highest BCUT2D eigenvalue weighted by Crippen LogP contribution is 2.22. The number of aryl methyl sites for hydroxylation is 1. The number of hydrogen-bond acceptors (Lipinski definition) is 3. The molecule has 0 spiro atoms. The number of halogens is 2. The van der Waals surface area contributed by atoms with Gasteiger partial charge in [0.05, 0.1) is 11.3 Å². The Morgan fingerprint density at radius 3 is 2.50 bits per heavy atom. The van der Waals surface area contributed by atoms with Gasteiger partial charge in [-0.2, -0.15) is 0 Å². The van der Waals surface area contributed by atoms with Crippen LogP contribution in [0.5, 0.6) is 0 Å². The highest BCUT2D eigenvalue weighted by atomic mass is 35.5. The molecule has 26 heavy (non-hydrogen) atoms. The second-order valence-corrected chi connectivity index (χ2v) is 6.50. The molecule has 7 heteroatoms. The van der Waals surface area contributed by atoms with Gasteiger partial charge >= 0.3 is 0 Å². The summed E-state index contributed by atoms with van der Waals surface area (Å²) in [4.78, 5) is 24.5. The molecule has 0 atom stereocenters. The van der Waals surface area contributed by atoms with Crippen molar-refractivity contribution in [2.45, 2.75) is 32.7 Å². The van der Waals surface area contributed by atoms with Crippen LogP contribution in [0.2, 0.25) is 5.02 Å². The predicted molar refractivity (Wildman–Crippen MR) is 109 cm³/mol. The summed E-state index contributed by atoms with van der Waals surface area (Å²) in [5.41, 5.74) is 8.25. The maximum Gasteiger partial charge on any atom is 0.253 e. The van der Waals surface area contributed by atoms with Crippen molar-refractivity contribution >= 4 is 47.2 Å². The van der Waals surface area contributed by atoms with Gasteiger partial charge in [0.1, 0.15) is 0 Å². The number of nitrogens with one attached hydrogen (secondary N) is 2. The van der Waals surface area contributed by atoms with Crippen molar-refractivity contribution in [2.24, 2.45) is 0 Å². The molecule has 140 valence electrons. The molecule has 4 N–H and O–H groups in total. The Labute approximate surface area is 164 Å². The quantitative estimate of drug-likeness (QED) is 0.644. The standard InChI is InChI=1S/C19H22ClN3O2.ClH/c1-12(2)22-19(25)15-9-8-14(20)11-17(15)23-18(24)10-7-13-5-3-4-6-16(13)21;/h3-6,8-9,11-12H,7,10,21H2,1-2H3,(H,22,25)(H,23,24);1H. The molecule has 0 aliphatic heterocycles. The van der Waals surface area contributed by atoms with Gasteiger partial charge in [0.25, 0.3) is 5.91 Å². The molecule has 0 bridgehead atoms. The predicted octanol–water partition coefficient (Wildman–Crippen LogP) is 4.05. The van der Waals surface area contributed by atoms with Crippen LogP contribution < -0.4 is 16.4 Å². The largest absolute Gasteiger partial charge is 0.399 e. The van der Waals surface area contributed by atoms with Crippen molar-refractivity contribution in [3.05, 3.63) is 58.6 Å². The minimum absolute atomic E-state index is 0. The Morgan fingerprint density at radius 1 is 1.15 bits per heavy atom. The van der Waals surface area contributed by atoms with Gasteiger partial charge in [0.15, 0.2) is 0 Å². The van der Waals surface area contributed by atoms with Crippen LogP contribution in [0, 0.1) is 0 Å². The van der Waals surface area contributed by atoms with Gasteiger partial charge in [-0.05, 0) is 50.1 Å². The average Bonchev–Trinajstić information content (AvgIpc) is 2.53. The first kappa shape index (κ1) is 21.8. The number of carbonyl (C=O) groups is 2. The first-order valence-corrected chi connectivity index (χ1v) is 8.48. The molecule has 0 fully saturated rings. The summed E-state index contributed by atoms with van der Waals surface area (Å²) in [6.07, 6.45) is 0.776. The summed E-state index contributed by atoms with van der Waals surface area (Å²) in [6.45, 7) is 3.74. The zero-order valence-electron chi connectivity index (χ0n) is 14.7. The van der Waals surface area contributed by atoms with Crippen molar-refractivity contribution in [1.29, 1.82) is 0 Å². The number of para-hydroxylation sites is 1. The van der Waals surface area contributed by atoms with E-state index < -0.39 is 0 Å². The molecule has 2 rings (SSSR count). The van der Waals surface area contributed by atoms with Crippen LogP contribution in [-0.2, 0) is 11.2 Å². The van der Waals surface area contributed by atoms with Gasteiger partial charge in [-0.15, -0.1) is 12.4 Å². The molecular formula is C19H23Cl2N3O2. The molecule has 0 saturated carbocycles. The lowest BCUT2D eigenvalue weighted by atomic mass is 10.1. The van der Waals surface area contributed by atoms with Gasteiger partial charge in [-0.3, -0.25) is 9.59 Å². The van der Waals surface area contributed by atoms with E-state index >= 15 is 0 Å². The molecule has 5 nitrogen and oxygen atoms in total. The molecule has 2 amide bonds. The molecular weight excluding hydrogens is 373 g/mol. The van der Waals surface area contributed by atoms with E-state index in [1.807, 2.05) is 32.0 Å². The molecule has 2 aromatic rings. The van der Waals surface area contributed by atoms with E-state index in [0.29, 0.717) is 28.4 Å². The third-order valence-corrected chi connectivity index (χ3v) is 3.83. The van der Waals surface area contributed by atoms with Crippen molar-refractivity contribution in [3.8, 4) is 0 Å². The molecule has 0 aliphatic carbocycles.